The van der Waals surface area contributed by atoms with Crippen LogP contribution in [0.1, 0.15) is 56.1 Å². The molecule has 0 aromatic heterocycles. The van der Waals surface area contributed by atoms with Crippen LogP contribution in [0.5, 0.6) is 0 Å². The number of benzene rings is 1. The summed E-state index contributed by atoms with van der Waals surface area (Å²) < 4.78 is 6.14. The van der Waals surface area contributed by atoms with Gasteiger partial charge in [0.2, 0.25) is 0 Å². The summed E-state index contributed by atoms with van der Waals surface area (Å²) in [6, 6.07) is 10.6. The lowest BCUT2D eigenvalue weighted by molar-refractivity contribution is -0.109. The Morgan fingerprint density at radius 2 is 2.14 bits per heavy atom. The fraction of sp³-hybridized carbons (Fsp3) is 0.611. The highest BCUT2D eigenvalue weighted by molar-refractivity contribution is 5.32. The molecule has 3 nitrogen and oxygen atoms in total. The molecular formula is C18H24N2O. The van der Waals surface area contributed by atoms with Crippen molar-refractivity contribution in [2.24, 2.45) is 0 Å². The number of hydrogen-bond acceptors (Lipinski definition) is 3. The molecule has 1 heterocycles. The van der Waals surface area contributed by atoms with Gasteiger partial charge < -0.3 is 10.1 Å². The van der Waals surface area contributed by atoms with Gasteiger partial charge in [0.05, 0.1) is 17.2 Å². The predicted octanol–water partition coefficient (Wildman–Crippen LogP) is 3.53. The predicted molar refractivity (Wildman–Crippen MR) is 82.8 cm³/mol. The normalized spacial score (nSPS) is 24.6. The number of hydrogen-bond donors (Lipinski definition) is 1. The average Bonchev–Trinajstić information content (AvgIpc) is 2.54. The number of nitrogens with one attached hydrogen (secondary N) is 1. The third-order valence-corrected chi connectivity index (χ3v) is 4.91. The van der Waals surface area contributed by atoms with Gasteiger partial charge in [-0.3, -0.25) is 0 Å². The summed E-state index contributed by atoms with van der Waals surface area (Å²) in [6.07, 6.45) is 8.70. The summed E-state index contributed by atoms with van der Waals surface area (Å²) in [4.78, 5) is 0. The lowest BCUT2D eigenvalue weighted by Crippen LogP contribution is -2.47. The van der Waals surface area contributed by atoms with Crippen LogP contribution in [0.3, 0.4) is 0 Å². The molecule has 1 aromatic rings. The van der Waals surface area contributed by atoms with Crippen LogP contribution in [0.4, 0.5) is 0 Å². The molecule has 1 spiro atoms. The topological polar surface area (TPSA) is 45.0 Å². The van der Waals surface area contributed by atoms with Crippen LogP contribution < -0.4 is 5.32 Å². The number of nitrogens with zero attached hydrogens (tertiary/aromatic N) is 1. The van der Waals surface area contributed by atoms with Gasteiger partial charge >= 0.3 is 0 Å². The van der Waals surface area contributed by atoms with E-state index in [4.69, 9.17) is 10.00 Å². The second-order valence-electron chi connectivity index (χ2n) is 6.47. The highest BCUT2D eigenvalue weighted by atomic mass is 16.5. The van der Waals surface area contributed by atoms with E-state index in [9.17, 15) is 0 Å². The SMILES string of the molecule is N#Cc1cccc(CNC2CCOC3(CCCCC3)C2)c1. The first-order chi connectivity index (χ1) is 10.3. The quantitative estimate of drug-likeness (QED) is 0.923. The molecule has 1 atom stereocenters. The first-order valence-corrected chi connectivity index (χ1v) is 8.16. The van der Waals surface area contributed by atoms with Gasteiger partial charge in [-0.2, -0.15) is 5.26 Å². The van der Waals surface area contributed by atoms with Gasteiger partial charge in [0, 0.05) is 19.2 Å². The lowest BCUT2D eigenvalue weighted by atomic mass is 9.78. The van der Waals surface area contributed by atoms with E-state index >= 15 is 0 Å². The zero-order valence-corrected chi connectivity index (χ0v) is 12.6. The molecule has 1 aliphatic heterocycles. The van der Waals surface area contributed by atoms with Gasteiger partial charge in [0.25, 0.3) is 0 Å². The Morgan fingerprint density at radius 3 is 2.95 bits per heavy atom. The van der Waals surface area contributed by atoms with E-state index in [-0.39, 0.29) is 5.60 Å². The van der Waals surface area contributed by atoms with Crippen molar-refractivity contribution >= 4 is 0 Å². The molecule has 1 aromatic carbocycles. The van der Waals surface area contributed by atoms with Crippen molar-refractivity contribution in [3.8, 4) is 6.07 Å². The highest BCUT2D eigenvalue weighted by Crippen LogP contribution is 2.38. The van der Waals surface area contributed by atoms with Gasteiger partial charge in [-0.1, -0.05) is 31.4 Å². The number of ether oxygens (including phenoxy) is 1. The van der Waals surface area contributed by atoms with E-state index in [0.29, 0.717) is 6.04 Å². The van der Waals surface area contributed by atoms with E-state index in [0.717, 1.165) is 31.6 Å². The molecule has 0 bridgehead atoms. The monoisotopic (exact) mass is 284 g/mol. The molecule has 0 radical (unpaired) electrons. The second-order valence-corrected chi connectivity index (χ2v) is 6.47. The van der Waals surface area contributed by atoms with Crippen LogP contribution in [-0.2, 0) is 11.3 Å². The van der Waals surface area contributed by atoms with Gasteiger partial charge in [0.1, 0.15) is 0 Å². The van der Waals surface area contributed by atoms with Gasteiger partial charge in [-0.25, -0.2) is 0 Å². The van der Waals surface area contributed by atoms with Gasteiger partial charge in [0.15, 0.2) is 0 Å². The Labute approximate surface area is 127 Å². The van der Waals surface area contributed by atoms with Crippen molar-refractivity contribution in [2.45, 2.75) is 63.1 Å². The molecule has 1 aliphatic carbocycles. The van der Waals surface area contributed by atoms with Gasteiger partial charge in [-0.15, -0.1) is 0 Å². The van der Waals surface area contributed by atoms with E-state index in [1.54, 1.807) is 0 Å². The summed E-state index contributed by atoms with van der Waals surface area (Å²) in [5.41, 5.74) is 2.09. The highest BCUT2D eigenvalue weighted by Gasteiger charge is 2.38. The van der Waals surface area contributed by atoms with E-state index in [1.165, 1.54) is 37.7 Å². The maximum absolute atomic E-state index is 8.96. The lowest BCUT2D eigenvalue weighted by Gasteiger charge is -2.43. The van der Waals surface area contributed by atoms with Crippen LogP contribution in [0.15, 0.2) is 24.3 Å². The van der Waals surface area contributed by atoms with Crippen molar-refractivity contribution in [3.05, 3.63) is 35.4 Å². The van der Waals surface area contributed by atoms with Crippen LogP contribution in [-0.4, -0.2) is 18.2 Å². The minimum absolute atomic E-state index is 0.155. The third-order valence-electron chi connectivity index (χ3n) is 4.91. The maximum atomic E-state index is 8.96. The van der Waals surface area contributed by atoms with E-state index in [2.05, 4.69) is 17.5 Å². The summed E-state index contributed by atoms with van der Waals surface area (Å²) >= 11 is 0. The van der Waals surface area contributed by atoms with Gasteiger partial charge in [-0.05, 0) is 43.4 Å². The molecule has 1 unspecified atom stereocenters. The molecule has 2 fully saturated rings. The van der Waals surface area contributed by atoms with E-state index < -0.39 is 0 Å². The fourth-order valence-electron chi connectivity index (χ4n) is 3.76. The average molecular weight is 284 g/mol. The first-order valence-electron chi connectivity index (χ1n) is 8.16. The van der Waals surface area contributed by atoms with Crippen molar-refractivity contribution in [1.29, 1.82) is 5.26 Å². The molecular weight excluding hydrogens is 260 g/mol. The van der Waals surface area contributed by atoms with Crippen molar-refractivity contribution in [1.82, 2.24) is 5.32 Å². The molecule has 0 amide bonds. The Morgan fingerprint density at radius 1 is 1.29 bits per heavy atom. The Balaban J connectivity index is 1.56. The van der Waals surface area contributed by atoms with Crippen LogP contribution in [0.25, 0.3) is 0 Å². The minimum atomic E-state index is 0.155. The second kappa shape index (κ2) is 6.60. The van der Waals surface area contributed by atoms with Crippen LogP contribution >= 0.6 is 0 Å². The summed E-state index contributed by atoms with van der Waals surface area (Å²) in [5.74, 6) is 0. The van der Waals surface area contributed by atoms with Crippen LogP contribution in [0.2, 0.25) is 0 Å². The summed E-state index contributed by atoms with van der Waals surface area (Å²) in [6.45, 7) is 1.73. The number of rotatable bonds is 3. The molecule has 3 heteroatoms. The largest absolute Gasteiger partial charge is 0.375 e. The van der Waals surface area contributed by atoms with Crippen molar-refractivity contribution in [3.63, 3.8) is 0 Å². The summed E-state index contributed by atoms with van der Waals surface area (Å²) in [7, 11) is 0. The molecule has 3 rings (SSSR count). The smallest absolute Gasteiger partial charge is 0.0991 e. The molecule has 2 aliphatic rings. The summed E-state index contributed by atoms with van der Waals surface area (Å²) in [5, 5.41) is 12.6. The Hall–Kier alpha value is -1.37. The number of nitriles is 1. The Kier molecular flexibility index (Phi) is 4.57. The molecule has 21 heavy (non-hydrogen) atoms. The van der Waals surface area contributed by atoms with E-state index in [1.807, 2.05) is 18.2 Å². The zero-order valence-electron chi connectivity index (χ0n) is 12.6. The molecule has 1 saturated carbocycles. The standard InChI is InChI=1S/C18H24N2O/c19-13-15-5-4-6-16(11-15)14-20-17-7-10-21-18(12-17)8-2-1-3-9-18/h4-6,11,17,20H,1-3,7-10,12,14H2. The minimum Gasteiger partial charge on any atom is -0.375 e. The Bertz CT molecular complexity index is 509. The van der Waals surface area contributed by atoms with Crippen LogP contribution in [0, 0.1) is 11.3 Å². The molecule has 112 valence electrons. The third kappa shape index (κ3) is 3.64. The zero-order chi connectivity index (χ0) is 14.5. The maximum Gasteiger partial charge on any atom is 0.0991 e. The van der Waals surface area contributed by atoms with Crippen molar-refractivity contribution < 1.29 is 4.74 Å². The fourth-order valence-corrected chi connectivity index (χ4v) is 3.76. The molecule has 1 saturated heterocycles. The first kappa shape index (κ1) is 14.6. The molecule has 1 N–H and O–H groups in total. The van der Waals surface area contributed by atoms with Crippen molar-refractivity contribution in [2.75, 3.05) is 6.61 Å².